The molecule has 1 heterocycles. The van der Waals surface area contributed by atoms with Crippen molar-refractivity contribution in [2.45, 2.75) is 9.79 Å². The predicted octanol–water partition coefficient (Wildman–Crippen LogP) is 1.66. The van der Waals surface area contributed by atoms with Crippen LogP contribution in [0.2, 0.25) is 0 Å². The van der Waals surface area contributed by atoms with Crippen LogP contribution in [0, 0.1) is 0 Å². The summed E-state index contributed by atoms with van der Waals surface area (Å²) >= 11 is 0. The minimum Gasteiger partial charge on any atom is -0.334 e. The summed E-state index contributed by atoms with van der Waals surface area (Å²) in [5.41, 5.74) is 4.90. The third-order valence-corrected chi connectivity index (χ3v) is 6.34. The summed E-state index contributed by atoms with van der Waals surface area (Å²) in [6.07, 6.45) is -0.617. The van der Waals surface area contributed by atoms with Gasteiger partial charge in [0.1, 0.15) is 4.90 Å². The Morgan fingerprint density at radius 1 is 0.920 bits per heavy atom. The van der Waals surface area contributed by atoms with Gasteiger partial charge in [-0.3, -0.25) is 0 Å². The molecule has 1 amide bonds. The van der Waals surface area contributed by atoms with Crippen LogP contribution >= 0.6 is 0 Å². The van der Waals surface area contributed by atoms with E-state index in [0.717, 1.165) is 10.2 Å². The number of primary amides is 1. The molecule has 0 saturated heterocycles. The molecule has 2 aromatic carbocycles. The SMILES string of the molecule is NC(=O)OS(=O)(=O)c1cn(S(=O)(=O)c2ccccc2)c2ccccc12. The molecule has 0 saturated carbocycles. The normalized spacial score (nSPS) is 12.2. The first-order valence-electron chi connectivity index (χ1n) is 6.88. The highest BCUT2D eigenvalue weighted by molar-refractivity contribution is 7.90. The van der Waals surface area contributed by atoms with Crippen LogP contribution in [0.15, 0.2) is 70.6 Å². The summed E-state index contributed by atoms with van der Waals surface area (Å²) in [6.45, 7) is 0. The topological polar surface area (TPSA) is 126 Å². The summed E-state index contributed by atoms with van der Waals surface area (Å²) in [6, 6.07) is 13.5. The molecule has 0 aliphatic rings. The first kappa shape index (κ1) is 17.0. The highest BCUT2D eigenvalue weighted by Crippen LogP contribution is 2.29. The fraction of sp³-hybridized carbons (Fsp3) is 0. The lowest BCUT2D eigenvalue weighted by molar-refractivity contribution is 0.213. The van der Waals surface area contributed by atoms with Crippen LogP contribution in [-0.2, 0) is 24.3 Å². The number of hydrogen-bond donors (Lipinski definition) is 1. The molecule has 1 aromatic heterocycles. The van der Waals surface area contributed by atoms with E-state index in [4.69, 9.17) is 5.73 Å². The average Bonchev–Trinajstić information content (AvgIpc) is 2.96. The molecule has 0 aliphatic heterocycles. The number of carbonyl (C=O) groups excluding carboxylic acids is 1. The molecule has 3 aromatic rings. The molecule has 0 bridgehead atoms. The van der Waals surface area contributed by atoms with Crippen LogP contribution in [0.3, 0.4) is 0 Å². The van der Waals surface area contributed by atoms with Crippen LogP contribution < -0.4 is 5.73 Å². The van der Waals surface area contributed by atoms with E-state index in [1.165, 1.54) is 30.3 Å². The van der Waals surface area contributed by atoms with Crippen molar-refractivity contribution in [2.24, 2.45) is 5.73 Å². The Morgan fingerprint density at radius 3 is 2.16 bits per heavy atom. The largest absolute Gasteiger partial charge is 0.420 e. The zero-order valence-electron chi connectivity index (χ0n) is 12.6. The second-order valence-corrected chi connectivity index (χ2v) is 8.31. The van der Waals surface area contributed by atoms with Gasteiger partial charge in [-0.15, -0.1) is 0 Å². The lowest BCUT2D eigenvalue weighted by Gasteiger charge is -2.06. The van der Waals surface area contributed by atoms with Crippen molar-refractivity contribution >= 4 is 37.1 Å². The second kappa shape index (κ2) is 5.90. The number of rotatable bonds is 4. The molecule has 0 aliphatic carbocycles. The number of fused-ring (bicyclic) bond motifs is 1. The summed E-state index contributed by atoms with van der Waals surface area (Å²) < 4.78 is 55.1. The Morgan fingerprint density at radius 2 is 1.52 bits per heavy atom. The Bertz CT molecular complexity index is 1170. The number of nitrogens with two attached hydrogens (primary N) is 1. The van der Waals surface area contributed by atoms with Gasteiger partial charge in [-0.05, 0) is 18.2 Å². The van der Waals surface area contributed by atoms with Crippen molar-refractivity contribution in [3.63, 3.8) is 0 Å². The minimum absolute atomic E-state index is 0.0180. The number of aromatic nitrogens is 1. The molecular formula is C15H12N2O6S2. The summed E-state index contributed by atoms with van der Waals surface area (Å²) in [4.78, 5) is 10.4. The molecule has 130 valence electrons. The van der Waals surface area contributed by atoms with E-state index in [9.17, 15) is 21.6 Å². The van der Waals surface area contributed by atoms with Gasteiger partial charge in [0.05, 0.1) is 10.4 Å². The van der Waals surface area contributed by atoms with E-state index in [1.807, 2.05) is 0 Å². The second-order valence-electron chi connectivity index (χ2n) is 4.98. The Labute approximate surface area is 143 Å². The van der Waals surface area contributed by atoms with E-state index in [0.29, 0.717) is 0 Å². The first-order valence-corrected chi connectivity index (χ1v) is 9.73. The number of nitrogens with zero attached hydrogens (tertiary/aromatic N) is 1. The van der Waals surface area contributed by atoms with Crippen LogP contribution in [0.25, 0.3) is 10.9 Å². The zero-order chi connectivity index (χ0) is 18.2. The van der Waals surface area contributed by atoms with Gasteiger partial charge in [-0.2, -0.15) is 8.42 Å². The summed E-state index contributed by atoms with van der Waals surface area (Å²) in [5.74, 6) is 0. The van der Waals surface area contributed by atoms with Gasteiger partial charge in [0.15, 0.2) is 0 Å². The van der Waals surface area contributed by atoms with Crippen molar-refractivity contribution in [3.8, 4) is 0 Å². The number of carbonyl (C=O) groups is 1. The van der Waals surface area contributed by atoms with Crippen molar-refractivity contribution < 1.29 is 25.8 Å². The molecule has 8 nitrogen and oxygen atoms in total. The quantitative estimate of drug-likeness (QED) is 0.686. The maximum absolute atomic E-state index is 12.8. The molecule has 10 heteroatoms. The summed E-state index contributed by atoms with van der Waals surface area (Å²) in [7, 11) is -8.62. The van der Waals surface area contributed by atoms with Crippen LogP contribution in [0.4, 0.5) is 4.79 Å². The third-order valence-electron chi connectivity index (χ3n) is 3.40. The number of hydrogen-bond acceptors (Lipinski definition) is 6. The predicted molar refractivity (Wildman–Crippen MR) is 88.8 cm³/mol. The maximum atomic E-state index is 12.8. The van der Waals surface area contributed by atoms with Gasteiger partial charge >= 0.3 is 16.2 Å². The monoisotopic (exact) mass is 380 g/mol. The van der Waals surface area contributed by atoms with E-state index in [2.05, 4.69) is 4.18 Å². The van der Waals surface area contributed by atoms with Gasteiger partial charge in [0.2, 0.25) is 0 Å². The lowest BCUT2D eigenvalue weighted by Crippen LogP contribution is -2.19. The lowest BCUT2D eigenvalue weighted by atomic mass is 10.2. The number of benzene rings is 2. The molecule has 2 N–H and O–H groups in total. The fourth-order valence-corrected chi connectivity index (χ4v) is 4.82. The third kappa shape index (κ3) is 2.96. The molecule has 0 fully saturated rings. The van der Waals surface area contributed by atoms with E-state index < -0.39 is 31.1 Å². The van der Waals surface area contributed by atoms with Gasteiger partial charge < -0.3 is 9.92 Å². The van der Waals surface area contributed by atoms with Crippen molar-refractivity contribution in [1.29, 1.82) is 0 Å². The van der Waals surface area contributed by atoms with Gasteiger partial charge in [-0.1, -0.05) is 36.4 Å². The smallest absolute Gasteiger partial charge is 0.334 e. The van der Waals surface area contributed by atoms with Gasteiger partial charge in [0, 0.05) is 11.6 Å². The summed E-state index contributed by atoms with van der Waals surface area (Å²) in [5, 5.41) is 0.0863. The van der Waals surface area contributed by atoms with E-state index in [-0.39, 0.29) is 15.8 Å². The molecule has 0 atom stereocenters. The molecule has 3 rings (SSSR count). The van der Waals surface area contributed by atoms with Crippen molar-refractivity contribution in [3.05, 3.63) is 60.8 Å². The van der Waals surface area contributed by atoms with Gasteiger partial charge in [0.25, 0.3) is 10.0 Å². The van der Waals surface area contributed by atoms with E-state index in [1.54, 1.807) is 24.3 Å². The number of amides is 1. The molecule has 0 radical (unpaired) electrons. The number of para-hydroxylation sites is 1. The zero-order valence-corrected chi connectivity index (χ0v) is 14.2. The Hall–Kier alpha value is -2.85. The van der Waals surface area contributed by atoms with Crippen LogP contribution in [0.5, 0.6) is 0 Å². The first-order chi connectivity index (χ1) is 11.7. The molecule has 0 unspecified atom stereocenters. The van der Waals surface area contributed by atoms with Gasteiger partial charge in [-0.25, -0.2) is 17.2 Å². The Kier molecular flexibility index (Phi) is 4.01. The van der Waals surface area contributed by atoms with Crippen molar-refractivity contribution in [2.75, 3.05) is 0 Å². The Balaban J connectivity index is 2.31. The molecule has 25 heavy (non-hydrogen) atoms. The maximum Gasteiger partial charge on any atom is 0.420 e. The fourth-order valence-electron chi connectivity index (χ4n) is 2.38. The average molecular weight is 380 g/mol. The highest BCUT2D eigenvalue weighted by atomic mass is 32.2. The standard InChI is InChI=1S/C15H12N2O6S2/c16-15(18)23-25(21,22)14-10-17(13-9-5-4-8-12(13)14)24(19,20)11-6-2-1-3-7-11/h1-10H,(H2,16,18). The minimum atomic E-state index is -4.57. The van der Waals surface area contributed by atoms with Crippen molar-refractivity contribution in [1.82, 2.24) is 3.97 Å². The van der Waals surface area contributed by atoms with E-state index >= 15 is 0 Å². The van der Waals surface area contributed by atoms with Crippen LogP contribution in [-0.4, -0.2) is 26.9 Å². The molecular weight excluding hydrogens is 368 g/mol. The molecule has 0 spiro atoms. The van der Waals surface area contributed by atoms with Crippen LogP contribution in [0.1, 0.15) is 0 Å². The highest BCUT2D eigenvalue weighted by Gasteiger charge is 2.28.